The van der Waals surface area contributed by atoms with Crippen molar-refractivity contribution in [2.75, 3.05) is 13.1 Å². The van der Waals surface area contributed by atoms with E-state index in [-0.39, 0.29) is 17.8 Å². The number of carbonyl (C=O) groups excluding carboxylic acids is 1. The summed E-state index contributed by atoms with van der Waals surface area (Å²) < 4.78 is 18.4. The number of nitrogens with zero attached hydrogens (tertiary/aromatic N) is 1. The van der Waals surface area contributed by atoms with Gasteiger partial charge in [0.1, 0.15) is 5.82 Å². The van der Waals surface area contributed by atoms with Crippen LogP contribution in [0.15, 0.2) is 41.8 Å². The average Bonchev–Trinajstić information content (AvgIpc) is 2.92. The second kappa shape index (κ2) is 5.73. The maximum absolute atomic E-state index is 12.8. The SMILES string of the molecule is O=C(c1cccs1)N1CC(OCc2ccc(F)cc2)C1. The molecule has 0 saturated carbocycles. The number of hydrogen-bond donors (Lipinski definition) is 0. The number of likely N-dealkylation sites (tertiary alicyclic amines) is 1. The average molecular weight is 291 g/mol. The highest BCUT2D eigenvalue weighted by Crippen LogP contribution is 2.19. The summed E-state index contributed by atoms with van der Waals surface area (Å²) in [6.07, 6.45) is 0.0731. The van der Waals surface area contributed by atoms with Crippen LogP contribution in [0.25, 0.3) is 0 Å². The first-order chi connectivity index (χ1) is 9.72. The molecule has 1 amide bonds. The highest BCUT2D eigenvalue weighted by molar-refractivity contribution is 7.12. The number of ether oxygens (including phenoxy) is 1. The summed E-state index contributed by atoms with van der Waals surface area (Å²) in [5.74, 6) is -0.174. The normalized spacial score (nSPS) is 15.2. The van der Waals surface area contributed by atoms with Gasteiger partial charge in [-0.25, -0.2) is 4.39 Å². The molecule has 0 bridgehead atoms. The van der Waals surface area contributed by atoms with Crippen LogP contribution in [0.4, 0.5) is 4.39 Å². The lowest BCUT2D eigenvalue weighted by Crippen LogP contribution is -2.54. The lowest BCUT2D eigenvalue weighted by Gasteiger charge is -2.38. The molecule has 0 radical (unpaired) electrons. The molecule has 0 N–H and O–H groups in total. The highest BCUT2D eigenvalue weighted by atomic mass is 32.1. The van der Waals surface area contributed by atoms with Crippen molar-refractivity contribution < 1.29 is 13.9 Å². The number of halogens is 1. The Morgan fingerprint density at radius 3 is 2.70 bits per heavy atom. The summed E-state index contributed by atoms with van der Waals surface area (Å²) >= 11 is 1.45. The first-order valence-corrected chi connectivity index (χ1v) is 7.29. The van der Waals surface area contributed by atoms with E-state index in [2.05, 4.69) is 0 Å². The Labute approximate surface area is 120 Å². The second-order valence-corrected chi connectivity index (χ2v) is 5.69. The van der Waals surface area contributed by atoms with Gasteiger partial charge in [-0.3, -0.25) is 4.79 Å². The lowest BCUT2D eigenvalue weighted by atomic mass is 10.1. The molecule has 1 aromatic heterocycles. The maximum Gasteiger partial charge on any atom is 0.264 e. The summed E-state index contributed by atoms with van der Waals surface area (Å²) in [7, 11) is 0. The molecule has 0 atom stereocenters. The molecule has 1 fully saturated rings. The Morgan fingerprint density at radius 1 is 1.30 bits per heavy atom. The van der Waals surface area contributed by atoms with Crippen molar-refractivity contribution in [3.8, 4) is 0 Å². The number of carbonyl (C=O) groups is 1. The van der Waals surface area contributed by atoms with Gasteiger partial charge in [0.15, 0.2) is 0 Å². The molecule has 20 heavy (non-hydrogen) atoms. The van der Waals surface area contributed by atoms with Crippen LogP contribution >= 0.6 is 11.3 Å². The highest BCUT2D eigenvalue weighted by Gasteiger charge is 2.32. The van der Waals surface area contributed by atoms with Crippen LogP contribution in [-0.2, 0) is 11.3 Å². The molecule has 104 valence electrons. The third-order valence-electron chi connectivity index (χ3n) is 3.27. The molecule has 2 aromatic rings. The van der Waals surface area contributed by atoms with E-state index in [9.17, 15) is 9.18 Å². The zero-order valence-electron chi connectivity index (χ0n) is 10.8. The topological polar surface area (TPSA) is 29.5 Å². The first kappa shape index (κ1) is 13.3. The van der Waals surface area contributed by atoms with Gasteiger partial charge in [0.25, 0.3) is 5.91 Å². The van der Waals surface area contributed by atoms with Gasteiger partial charge in [0.2, 0.25) is 0 Å². The van der Waals surface area contributed by atoms with Crippen molar-refractivity contribution in [3.63, 3.8) is 0 Å². The maximum atomic E-state index is 12.8. The van der Waals surface area contributed by atoms with Crippen LogP contribution in [0.1, 0.15) is 15.2 Å². The van der Waals surface area contributed by atoms with Gasteiger partial charge in [-0.05, 0) is 29.1 Å². The number of rotatable bonds is 4. The molecule has 0 unspecified atom stereocenters. The zero-order valence-corrected chi connectivity index (χ0v) is 11.6. The fraction of sp³-hybridized carbons (Fsp3) is 0.267. The van der Waals surface area contributed by atoms with Gasteiger partial charge < -0.3 is 9.64 Å². The van der Waals surface area contributed by atoms with Crippen molar-refractivity contribution in [3.05, 3.63) is 58.0 Å². The van der Waals surface area contributed by atoms with E-state index in [0.717, 1.165) is 10.4 Å². The number of hydrogen-bond acceptors (Lipinski definition) is 3. The van der Waals surface area contributed by atoms with Crippen LogP contribution in [0.3, 0.4) is 0 Å². The smallest absolute Gasteiger partial charge is 0.264 e. The molecule has 0 spiro atoms. The molecule has 1 aromatic carbocycles. The Balaban J connectivity index is 1.44. The fourth-order valence-electron chi connectivity index (χ4n) is 2.06. The predicted molar refractivity (Wildman–Crippen MR) is 75.2 cm³/mol. The Hall–Kier alpha value is -1.72. The van der Waals surface area contributed by atoms with Crippen LogP contribution < -0.4 is 0 Å². The van der Waals surface area contributed by atoms with E-state index in [4.69, 9.17) is 4.74 Å². The largest absolute Gasteiger partial charge is 0.370 e. The summed E-state index contributed by atoms with van der Waals surface area (Å²) in [5, 5.41) is 1.90. The Kier molecular flexibility index (Phi) is 3.80. The molecule has 3 rings (SSSR count). The number of benzene rings is 1. The van der Waals surface area contributed by atoms with Gasteiger partial charge in [0, 0.05) is 13.1 Å². The fourth-order valence-corrected chi connectivity index (χ4v) is 2.75. The minimum absolute atomic E-state index is 0.0710. The van der Waals surface area contributed by atoms with E-state index < -0.39 is 0 Å². The van der Waals surface area contributed by atoms with Gasteiger partial charge in [-0.2, -0.15) is 0 Å². The van der Waals surface area contributed by atoms with Crippen molar-refractivity contribution in [2.45, 2.75) is 12.7 Å². The molecule has 2 heterocycles. The first-order valence-electron chi connectivity index (χ1n) is 6.41. The quantitative estimate of drug-likeness (QED) is 0.867. The van der Waals surface area contributed by atoms with Gasteiger partial charge in [0.05, 0.1) is 17.6 Å². The Bertz CT molecular complexity index is 576. The molecule has 0 aliphatic carbocycles. The van der Waals surface area contributed by atoms with E-state index in [1.807, 2.05) is 17.5 Å². The summed E-state index contributed by atoms with van der Waals surface area (Å²) in [6, 6.07) is 9.98. The molecule has 1 saturated heterocycles. The van der Waals surface area contributed by atoms with Gasteiger partial charge in [-0.1, -0.05) is 18.2 Å². The zero-order chi connectivity index (χ0) is 13.9. The molecular weight excluding hydrogens is 277 g/mol. The molecule has 3 nitrogen and oxygen atoms in total. The van der Waals surface area contributed by atoms with Crippen molar-refractivity contribution in [2.24, 2.45) is 0 Å². The van der Waals surface area contributed by atoms with Crippen molar-refractivity contribution in [1.29, 1.82) is 0 Å². The Morgan fingerprint density at radius 2 is 2.05 bits per heavy atom. The van der Waals surface area contributed by atoms with E-state index in [0.29, 0.717) is 19.7 Å². The monoisotopic (exact) mass is 291 g/mol. The third kappa shape index (κ3) is 2.89. The third-order valence-corrected chi connectivity index (χ3v) is 4.12. The minimum atomic E-state index is -0.245. The lowest BCUT2D eigenvalue weighted by molar-refractivity contribution is -0.0501. The molecular formula is C15H14FNO2S. The summed E-state index contributed by atoms with van der Waals surface area (Å²) in [6.45, 7) is 1.70. The van der Waals surface area contributed by atoms with Crippen molar-refractivity contribution >= 4 is 17.2 Å². The van der Waals surface area contributed by atoms with Crippen LogP contribution in [0.2, 0.25) is 0 Å². The van der Waals surface area contributed by atoms with Crippen LogP contribution in [-0.4, -0.2) is 30.0 Å². The second-order valence-electron chi connectivity index (χ2n) is 4.75. The van der Waals surface area contributed by atoms with E-state index >= 15 is 0 Å². The van der Waals surface area contributed by atoms with Crippen LogP contribution in [0.5, 0.6) is 0 Å². The molecule has 5 heteroatoms. The minimum Gasteiger partial charge on any atom is -0.370 e. The van der Waals surface area contributed by atoms with Crippen molar-refractivity contribution in [1.82, 2.24) is 4.90 Å². The predicted octanol–water partition coefficient (Wildman–Crippen LogP) is 2.93. The van der Waals surface area contributed by atoms with E-state index in [1.54, 1.807) is 17.0 Å². The molecule has 1 aliphatic heterocycles. The van der Waals surface area contributed by atoms with E-state index in [1.165, 1.54) is 23.5 Å². The standard InChI is InChI=1S/C15H14FNO2S/c16-12-5-3-11(4-6-12)10-19-13-8-17(9-13)15(18)14-2-1-7-20-14/h1-7,13H,8-10H2. The summed E-state index contributed by atoms with van der Waals surface area (Å²) in [5.41, 5.74) is 0.939. The van der Waals surface area contributed by atoms with Gasteiger partial charge in [-0.15, -0.1) is 11.3 Å². The van der Waals surface area contributed by atoms with Gasteiger partial charge >= 0.3 is 0 Å². The summed E-state index contributed by atoms with van der Waals surface area (Å²) in [4.78, 5) is 14.5. The number of amides is 1. The molecule has 1 aliphatic rings. The van der Waals surface area contributed by atoms with Crippen LogP contribution in [0, 0.1) is 5.82 Å². The number of thiophene rings is 1.